The lowest BCUT2D eigenvalue weighted by Crippen LogP contribution is -2.32. The van der Waals surface area contributed by atoms with Crippen LogP contribution in [0.4, 0.5) is 19.0 Å². The Kier molecular flexibility index (Phi) is 3.68. The molecule has 2 N–H and O–H groups in total. The van der Waals surface area contributed by atoms with Gasteiger partial charge < -0.3 is 10.6 Å². The summed E-state index contributed by atoms with van der Waals surface area (Å²) in [6, 6.07) is 1.21. The zero-order valence-corrected chi connectivity index (χ0v) is 10.3. The molecule has 1 aliphatic carbocycles. The van der Waals surface area contributed by atoms with E-state index in [0.29, 0.717) is 24.9 Å². The topological polar surface area (TPSA) is 42.1 Å². The van der Waals surface area contributed by atoms with Crippen LogP contribution in [0.2, 0.25) is 5.02 Å². The van der Waals surface area contributed by atoms with Crippen LogP contribution in [0.3, 0.4) is 0 Å². The zero-order chi connectivity index (χ0) is 13.3. The highest BCUT2D eigenvalue weighted by molar-refractivity contribution is 6.33. The minimum atomic E-state index is -4.42. The molecular weight excluding hydrogens is 267 g/mol. The van der Waals surface area contributed by atoms with Gasteiger partial charge in [0.2, 0.25) is 0 Å². The highest BCUT2D eigenvalue weighted by Crippen LogP contribution is 2.37. The highest BCUT2D eigenvalue weighted by Gasteiger charge is 2.34. The van der Waals surface area contributed by atoms with Crippen LogP contribution in [-0.4, -0.2) is 24.1 Å². The molecule has 100 valence electrons. The zero-order valence-electron chi connectivity index (χ0n) is 9.54. The Balaban J connectivity index is 2.28. The largest absolute Gasteiger partial charge is 0.417 e. The first-order chi connectivity index (χ1) is 8.43. The summed E-state index contributed by atoms with van der Waals surface area (Å²) in [6.45, 7) is 0.957. The summed E-state index contributed by atoms with van der Waals surface area (Å²) >= 11 is 5.89. The average molecular weight is 280 g/mol. The molecule has 0 aromatic carbocycles. The summed E-state index contributed by atoms with van der Waals surface area (Å²) in [6.07, 6.45) is -1.61. The van der Waals surface area contributed by atoms with Crippen LogP contribution in [0.5, 0.6) is 0 Å². The van der Waals surface area contributed by atoms with Gasteiger partial charge in [0.05, 0.1) is 10.6 Å². The van der Waals surface area contributed by atoms with Crippen LogP contribution in [0.25, 0.3) is 0 Å². The molecule has 0 saturated heterocycles. The number of pyridine rings is 1. The van der Waals surface area contributed by atoms with Crippen LogP contribution in [0.15, 0.2) is 12.3 Å². The number of nitrogens with zero attached hydrogens (tertiary/aromatic N) is 2. The van der Waals surface area contributed by atoms with E-state index in [1.54, 1.807) is 0 Å². The Hall–Kier alpha value is -1.01. The first-order valence-electron chi connectivity index (χ1n) is 5.63. The molecule has 7 heteroatoms. The first kappa shape index (κ1) is 13.4. The summed E-state index contributed by atoms with van der Waals surface area (Å²) in [4.78, 5) is 5.72. The van der Waals surface area contributed by atoms with Gasteiger partial charge in [-0.25, -0.2) is 4.98 Å². The van der Waals surface area contributed by atoms with Crippen molar-refractivity contribution in [1.29, 1.82) is 0 Å². The van der Waals surface area contributed by atoms with Crippen LogP contribution in [0, 0.1) is 0 Å². The quantitative estimate of drug-likeness (QED) is 0.921. The molecule has 1 aliphatic rings. The minimum Gasteiger partial charge on any atom is -0.351 e. The van der Waals surface area contributed by atoms with Crippen LogP contribution in [-0.2, 0) is 6.18 Å². The second-order valence-electron chi connectivity index (χ2n) is 4.24. The van der Waals surface area contributed by atoms with Crippen LogP contribution < -0.4 is 10.6 Å². The fraction of sp³-hybridized carbons (Fsp3) is 0.545. The van der Waals surface area contributed by atoms with E-state index in [2.05, 4.69) is 4.98 Å². The molecule has 1 heterocycles. The van der Waals surface area contributed by atoms with Gasteiger partial charge >= 0.3 is 6.18 Å². The van der Waals surface area contributed by atoms with Gasteiger partial charge in [0.15, 0.2) is 0 Å². The van der Waals surface area contributed by atoms with E-state index >= 15 is 0 Å². The second kappa shape index (κ2) is 4.93. The van der Waals surface area contributed by atoms with E-state index in [9.17, 15) is 13.2 Å². The summed E-state index contributed by atoms with van der Waals surface area (Å²) in [5.74, 6) is 0.387. The van der Waals surface area contributed by atoms with E-state index in [4.69, 9.17) is 17.3 Å². The van der Waals surface area contributed by atoms with Crippen molar-refractivity contribution >= 4 is 17.4 Å². The lowest BCUT2D eigenvalue weighted by Gasteiger charge is -2.24. The number of nitrogens with two attached hydrogens (primary N) is 1. The molecule has 0 unspecified atom stereocenters. The van der Waals surface area contributed by atoms with Crippen molar-refractivity contribution in [2.45, 2.75) is 25.1 Å². The molecule has 2 rings (SSSR count). The van der Waals surface area contributed by atoms with Crippen molar-refractivity contribution in [2.24, 2.45) is 5.73 Å². The molecule has 0 atom stereocenters. The maximum atomic E-state index is 12.5. The summed E-state index contributed by atoms with van der Waals surface area (Å²) in [5, 5.41) is 0.0187. The molecule has 0 aliphatic heterocycles. The molecular formula is C11H13ClF3N3. The number of aromatic nitrogens is 1. The van der Waals surface area contributed by atoms with Crippen molar-refractivity contribution in [3.05, 3.63) is 22.8 Å². The smallest absolute Gasteiger partial charge is 0.351 e. The minimum absolute atomic E-state index is 0.0187. The molecule has 1 fully saturated rings. The van der Waals surface area contributed by atoms with E-state index in [1.165, 1.54) is 0 Å². The molecule has 18 heavy (non-hydrogen) atoms. The van der Waals surface area contributed by atoms with E-state index in [-0.39, 0.29) is 5.02 Å². The van der Waals surface area contributed by atoms with Gasteiger partial charge in [-0.15, -0.1) is 0 Å². The van der Waals surface area contributed by atoms with Crippen LogP contribution >= 0.6 is 11.6 Å². The number of hydrogen-bond donors (Lipinski definition) is 1. The molecule has 1 aromatic heterocycles. The number of rotatable bonds is 4. The van der Waals surface area contributed by atoms with Crippen molar-refractivity contribution in [3.63, 3.8) is 0 Å². The third-order valence-corrected chi connectivity index (χ3v) is 3.06. The third kappa shape index (κ3) is 2.87. The maximum Gasteiger partial charge on any atom is 0.417 e. The summed E-state index contributed by atoms with van der Waals surface area (Å²) < 4.78 is 37.5. The SMILES string of the molecule is NCCN(c1ncc(C(F)(F)F)cc1Cl)C1CC1. The fourth-order valence-electron chi connectivity index (χ4n) is 1.78. The van der Waals surface area contributed by atoms with Crippen molar-refractivity contribution < 1.29 is 13.2 Å². The van der Waals surface area contributed by atoms with Gasteiger partial charge in [-0.3, -0.25) is 0 Å². The number of anilines is 1. The van der Waals surface area contributed by atoms with Gasteiger partial charge in [0.1, 0.15) is 5.82 Å². The number of halogens is 4. The van der Waals surface area contributed by atoms with E-state index in [1.807, 2.05) is 4.90 Å². The summed E-state index contributed by atoms with van der Waals surface area (Å²) in [5.41, 5.74) is 4.66. The molecule has 0 radical (unpaired) electrons. The fourth-order valence-corrected chi connectivity index (χ4v) is 2.06. The molecule has 0 bridgehead atoms. The van der Waals surface area contributed by atoms with Crippen molar-refractivity contribution in [2.75, 3.05) is 18.0 Å². The van der Waals surface area contributed by atoms with Gasteiger partial charge in [-0.2, -0.15) is 13.2 Å². The summed E-state index contributed by atoms with van der Waals surface area (Å²) in [7, 11) is 0. The third-order valence-electron chi connectivity index (χ3n) is 2.78. The van der Waals surface area contributed by atoms with Crippen molar-refractivity contribution in [3.8, 4) is 0 Å². The predicted octanol–water partition coefficient (Wildman–Crippen LogP) is 2.68. The second-order valence-corrected chi connectivity index (χ2v) is 4.65. The standard InChI is InChI=1S/C11H13ClF3N3/c12-9-5-7(11(13,14)15)6-17-10(9)18(4-3-16)8-1-2-8/h5-6,8H,1-4,16H2. The lowest BCUT2D eigenvalue weighted by molar-refractivity contribution is -0.137. The number of hydrogen-bond acceptors (Lipinski definition) is 3. The van der Waals surface area contributed by atoms with Gasteiger partial charge in [-0.1, -0.05) is 11.6 Å². The normalized spacial score (nSPS) is 15.8. The highest BCUT2D eigenvalue weighted by atomic mass is 35.5. The molecule has 3 nitrogen and oxygen atoms in total. The van der Waals surface area contributed by atoms with E-state index < -0.39 is 11.7 Å². The Morgan fingerprint density at radius 1 is 1.44 bits per heavy atom. The monoisotopic (exact) mass is 279 g/mol. The molecule has 1 saturated carbocycles. The predicted molar refractivity (Wildman–Crippen MR) is 63.7 cm³/mol. The number of alkyl halides is 3. The Morgan fingerprint density at radius 2 is 2.11 bits per heavy atom. The van der Waals surface area contributed by atoms with Crippen LogP contribution in [0.1, 0.15) is 18.4 Å². The Morgan fingerprint density at radius 3 is 2.56 bits per heavy atom. The average Bonchev–Trinajstić information content (AvgIpc) is 3.09. The maximum absolute atomic E-state index is 12.5. The first-order valence-corrected chi connectivity index (χ1v) is 6.00. The molecule has 0 amide bonds. The molecule has 0 spiro atoms. The molecule has 1 aromatic rings. The van der Waals surface area contributed by atoms with Gasteiger partial charge in [-0.05, 0) is 18.9 Å². The van der Waals surface area contributed by atoms with Gasteiger partial charge in [0.25, 0.3) is 0 Å². The van der Waals surface area contributed by atoms with Crippen molar-refractivity contribution in [1.82, 2.24) is 4.98 Å². The Labute approximate surface area is 108 Å². The van der Waals surface area contributed by atoms with Gasteiger partial charge in [0, 0.05) is 25.3 Å². The Bertz CT molecular complexity index is 432. The van der Waals surface area contributed by atoms with E-state index in [0.717, 1.165) is 25.1 Å². The lowest BCUT2D eigenvalue weighted by atomic mass is 10.2.